The van der Waals surface area contributed by atoms with Crippen LogP contribution in [0.2, 0.25) is 0 Å². The highest BCUT2D eigenvalue weighted by atomic mass is 16.3. The van der Waals surface area contributed by atoms with Gasteiger partial charge in [0.15, 0.2) is 0 Å². The van der Waals surface area contributed by atoms with Gasteiger partial charge in [-0.05, 0) is 49.7 Å². The van der Waals surface area contributed by atoms with E-state index in [4.69, 9.17) is 0 Å². The molecule has 0 unspecified atom stereocenters. The number of carbonyl (C=O) groups is 1. The summed E-state index contributed by atoms with van der Waals surface area (Å²) in [5, 5.41) is 12.1. The van der Waals surface area contributed by atoms with Gasteiger partial charge in [-0.2, -0.15) is 0 Å². The van der Waals surface area contributed by atoms with Gasteiger partial charge >= 0.3 is 0 Å². The van der Waals surface area contributed by atoms with Crippen molar-refractivity contribution in [3.05, 3.63) is 59.5 Å². The summed E-state index contributed by atoms with van der Waals surface area (Å²) in [6.07, 6.45) is 1.89. The SMILES string of the molecule is Cc1ccc2nc(C)c(C(=O)Nc3ccc(O)cc3)n2c1. The first kappa shape index (κ1) is 13.2. The van der Waals surface area contributed by atoms with E-state index in [0.29, 0.717) is 17.1 Å². The van der Waals surface area contributed by atoms with Crippen molar-refractivity contribution in [3.8, 4) is 5.75 Å². The predicted molar refractivity (Wildman–Crippen MR) is 80.7 cm³/mol. The normalized spacial score (nSPS) is 10.8. The molecule has 0 aliphatic heterocycles. The van der Waals surface area contributed by atoms with Crippen LogP contribution in [0.3, 0.4) is 0 Å². The summed E-state index contributed by atoms with van der Waals surface area (Å²) in [7, 11) is 0. The highest BCUT2D eigenvalue weighted by molar-refractivity contribution is 6.04. The molecule has 1 amide bonds. The van der Waals surface area contributed by atoms with Crippen molar-refractivity contribution < 1.29 is 9.90 Å². The highest BCUT2D eigenvalue weighted by Gasteiger charge is 2.16. The van der Waals surface area contributed by atoms with Crippen LogP contribution in [-0.2, 0) is 0 Å². The van der Waals surface area contributed by atoms with Crippen molar-refractivity contribution in [2.45, 2.75) is 13.8 Å². The molecule has 0 spiro atoms. The summed E-state index contributed by atoms with van der Waals surface area (Å²) in [6, 6.07) is 10.2. The number of phenolic OH excluding ortho intramolecular Hbond substituents is 1. The smallest absolute Gasteiger partial charge is 0.274 e. The lowest BCUT2D eigenvalue weighted by atomic mass is 10.2. The molecular formula is C16H15N3O2. The monoisotopic (exact) mass is 281 g/mol. The third-order valence-electron chi connectivity index (χ3n) is 3.28. The van der Waals surface area contributed by atoms with E-state index in [9.17, 15) is 9.90 Å². The first-order valence-electron chi connectivity index (χ1n) is 6.60. The van der Waals surface area contributed by atoms with E-state index < -0.39 is 0 Å². The number of hydrogen-bond acceptors (Lipinski definition) is 3. The molecule has 0 bridgehead atoms. The van der Waals surface area contributed by atoms with Gasteiger partial charge in [0.1, 0.15) is 17.1 Å². The Morgan fingerprint density at radius 2 is 1.86 bits per heavy atom. The van der Waals surface area contributed by atoms with Crippen LogP contribution in [0.5, 0.6) is 5.75 Å². The lowest BCUT2D eigenvalue weighted by Crippen LogP contribution is -2.15. The predicted octanol–water partition coefficient (Wildman–Crippen LogP) is 2.91. The van der Waals surface area contributed by atoms with E-state index >= 15 is 0 Å². The fourth-order valence-corrected chi connectivity index (χ4v) is 2.28. The lowest BCUT2D eigenvalue weighted by molar-refractivity contribution is 0.102. The lowest BCUT2D eigenvalue weighted by Gasteiger charge is -2.06. The second-order valence-corrected chi connectivity index (χ2v) is 4.98. The second kappa shape index (κ2) is 4.94. The van der Waals surface area contributed by atoms with Crippen molar-refractivity contribution in [2.24, 2.45) is 0 Å². The van der Waals surface area contributed by atoms with Gasteiger partial charge in [-0.1, -0.05) is 6.07 Å². The van der Waals surface area contributed by atoms with E-state index in [1.165, 1.54) is 12.1 Å². The van der Waals surface area contributed by atoms with Crippen LogP contribution >= 0.6 is 0 Å². The minimum absolute atomic E-state index is 0.162. The Bertz CT molecular complexity index is 819. The number of anilines is 1. The largest absolute Gasteiger partial charge is 0.508 e. The number of imidazole rings is 1. The van der Waals surface area contributed by atoms with Gasteiger partial charge in [-0.25, -0.2) is 4.98 Å². The van der Waals surface area contributed by atoms with Gasteiger partial charge in [-0.15, -0.1) is 0 Å². The molecule has 0 aliphatic carbocycles. The number of nitrogens with one attached hydrogen (secondary N) is 1. The first-order chi connectivity index (χ1) is 10.0. The number of phenols is 1. The number of fused-ring (bicyclic) bond motifs is 1. The molecule has 0 fully saturated rings. The Kier molecular flexibility index (Phi) is 3.10. The van der Waals surface area contributed by atoms with Crippen molar-refractivity contribution in [2.75, 3.05) is 5.32 Å². The summed E-state index contributed by atoms with van der Waals surface area (Å²) >= 11 is 0. The van der Waals surface area contributed by atoms with Gasteiger partial charge in [0.2, 0.25) is 0 Å². The Hall–Kier alpha value is -2.82. The number of carbonyl (C=O) groups excluding carboxylic acids is 1. The molecule has 5 nitrogen and oxygen atoms in total. The van der Waals surface area contributed by atoms with E-state index in [2.05, 4.69) is 10.3 Å². The maximum absolute atomic E-state index is 12.5. The number of hydrogen-bond donors (Lipinski definition) is 2. The molecule has 5 heteroatoms. The number of aryl methyl sites for hydroxylation is 2. The molecule has 2 aromatic heterocycles. The number of benzene rings is 1. The molecule has 2 N–H and O–H groups in total. The fraction of sp³-hybridized carbons (Fsp3) is 0.125. The molecule has 3 aromatic rings. The number of nitrogens with zero attached hydrogens (tertiary/aromatic N) is 2. The number of aromatic hydroxyl groups is 1. The molecule has 0 saturated heterocycles. The minimum atomic E-state index is -0.226. The molecule has 1 aromatic carbocycles. The number of amides is 1. The summed E-state index contributed by atoms with van der Waals surface area (Å²) < 4.78 is 1.79. The van der Waals surface area contributed by atoms with Crippen LogP contribution in [0, 0.1) is 13.8 Å². The Balaban J connectivity index is 1.99. The zero-order valence-corrected chi connectivity index (χ0v) is 11.8. The zero-order chi connectivity index (χ0) is 15.0. The molecule has 0 aliphatic rings. The maximum Gasteiger partial charge on any atom is 0.274 e. The summed E-state index contributed by atoms with van der Waals surface area (Å²) in [4.78, 5) is 16.9. The fourth-order valence-electron chi connectivity index (χ4n) is 2.28. The molecule has 2 heterocycles. The molecule has 0 atom stereocenters. The van der Waals surface area contributed by atoms with Crippen LogP contribution in [0.4, 0.5) is 5.69 Å². The van der Waals surface area contributed by atoms with Gasteiger partial charge in [0.25, 0.3) is 5.91 Å². The van der Waals surface area contributed by atoms with E-state index in [0.717, 1.165) is 11.2 Å². The number of pyridine rings is 1. The Morgan fingerprint density at radius 3 is 2.57 bits per heavy atom. The average molecular weight is 281 g/mol. The molecule has 106 valence electrons. The minimum Gasteiger partial charge on any atom is -0.508 e. The topological polar surface area (TPSA) is 66.6 Å². The summed E-state index contributed by atoms with van der Waals surface area (Å²) in [5.41, 5.74) is 3.62. The average Bonchev–Trinajstić information content (AvgIpc) is 2.76. The van der Waals surface area contributed by atoms with Gasteiger partial charge in [0, 0.05) is 11.9 Å². The van der Waals surface area contributed by atoms with E-state index in [1.807, 2.05) is 32.2 Å². The quantitative estimate of drug-likeness (QED) is 0.710. The summed E-state index contributed by atoms with van der Waals surface area (Å²) in [6.45, 7) is 3.78. The molecule has 21 heavy (non-hydrogen) atoms. The second-order valence-electron chi connectivity index (χ2n) is 4.98. The maximum atomic E-state index is 12.5. The van der Waals surface area contributed by atoms with Crippen molar-refractivity contribution in [3.63, 3.8) is 0 Å². The Labute approximate surface area is 121 Å². The molecule has 0 radical (unpaired) electrons. The third-order valence-corrected chi connectivity index (χ3v) is 3.28. The standard InChI is InChI=1S/C16H15N3O2/c1-10-3-8-14-17-11(2)15(19(14)9-10)16(21)18-12-4-6-13(20)7-5-12/h3-9,20H,1-2H3,(H,18,21). The van der Waals surface area contributed by atoms with Crippen molar-refractivity contribution >= 4 is 17.2 Å². The molecular weight excluding hydrogens is 266 g/mol. The van der Waals surface area contributed by atoms with E-state index in [-0.39, 0.29) is 11.7 Å². The van der Waals surface area contributed by atoms with Gasteiger partial charge in [0.05, 0.1) is 5.69 Å². The molecule has 3 rings (SSSR count). The van der Waals surface area contributed by atoms with Crippen LogP contribution in [0.15, 0.2) is 42.6 Å². The third kappa shape index (κ3) is 2.45. The first-order valence-corrected chi connectivity index (χ1v) is 6.60. The van der Waals surface area contributed by atoms with Crippen LogP contribution in [-0.4, -0.2) is 20.4 Å². The number of aromatic nitrogens is 2. The zero-order valence-electron chi connectivity index (χ0n) is 11.8. The Morgan fingerprint density at radius 1 is 1.14 bits per heavy atom. The molecule has 0 saturated carbocycles. The van der Waals surface area contributed by atoms with Crippen LogP contribution < -0.4 is 5.32 Å². The van der Waals surface area contributed by atoms with E-state index in [1.54, 1.807) is 16.5 Å². The van der Waals surface area contributed by atoms with Crippen LogP contribution in [0.1, 0.15) is 21.7 Å². The van der Waals surface area contributed by atoms with Crippen LogP contribution in [0.25, 0.3) is 5.65 Å². The number of rotatable bonds is 2. The van der Waals surface area contributed by atoms with Crippen molar-refractivity contribution in [1.82, 2.24) is 9.38 Å². The van der Waals surface area contributed by atoms with Gasteiger partial charge in [-0.3, -0.25) is 9.20 Å². The van der Waals surface area contributed by atoms with Gasteiger partial charge < -0.3 is 10.4 Å². The highest BCUT2D eigenvalue weighted by Crippen LogP contribution is 2.17. The van der Waals surface area contributed by atoms with Crippen molar-refractivity contribution in [1.29, 1.82) is 0 Å². The summed E-state index contributed by atoms with van der Waals surface area (Å²) in [5.74, 6) is -0.0640.